The minimum absolute atomic E-state index is 0. The molecule has 2 heterocycles. The molecule has 26 heavy (non-hydrogen) atoms. The number of likely N-dealkylation sites (N-methyl/N-ethyl adjacent to an activating group) is 1. The molecular formula is C17H22ClFN4O3. The molecular weight excluding hydrogens is 363 g/mol. The second-order valence-electron chi connectivity index (χ2n) is 6.33. The van der Waals surface area contributed by atoms with Gasteiger partial charge in [0.15, 0.2) is 0 Å². The lowest BCUT2D eigenvalue weighted by Gasteiger charge is -2.29. The number of hydrogen-bond acceptors (Lipinski definition) is 4. The normalized spacial score (nSPS) is 16.2. The van der Waals surface area contributed by atoms with Gasteiger partial charge in [-0.05, 0) is 24.1 Å². The second kappa shape index (κ2) is 8.46. The molecule has 0 radical (unpaired) electrons. The van der Waals surface area contributed by atoms with Crippen LogP contribution in [0.3, 0.4) is 0 Å². The van der Waals surface area contributed by atoms with E-state index in [1.165, 1.54) is 24.1 Å². The zero-order valence-electron chi connectivity index (χ0n) is 14.5. The number of nitrogens with one attached hydrogen (secondary N) is 2. The van der Waals surface area contributed by atoms with E-state index >= 15 is 0 Å². The Hall–Kier alpha value is -2.19. The third-order valence-corrected chi connectivity index (χ3v) is 4.51. The van der Waals surface area contributed by atoms with Crippen LogP contribution in [0.1, 0.15) is 22.3 Å². The number of amides is 3. The molecule has 2 aliphatic rings. The first kappa shape index (κ1) is 20.1. The topological polar surface area (TPSA) is 81.8 Å². The monoisotopic (exact) mass is 384 g/mol. The van der Waals surface area contributed by atoms with E-state index in [4.69, 9.17) is 0 Å². The van der Waals surface area contributed by atoms with Gasteiger partial charge < -0.3 is 20.4 Å². The van der Waals surface area contributed by atoms with Crippen LogP contribution >= 0.6 is 12.4 Å². The predicted octanol–water partition coefficient (Wildman–Crippen LogP) is 0.636. The Bertz CT molecular complexity index is 722. The number of halogens is 2. The summed E-state index contributed by atoms with van der Waals surface area (Å²) in [6.07, 6.45) is 0.773. The maximum Gasteiger partial charge on any atom is 0.257 e. The summed E-state index contributed by atoms with van der Waals surface area (Å²) in [5, 5.41) is 5.76. The summed E-state index contributed by atoms with van der Waals surface area (Å²) in [6.45, 7) is 2.58. The van der Waals surface area contributed by atoms with Crippen molar-refractivity contribution in [3.8, 4) is 0 Å². The molecule has 0 aliphatic carbocycles. The summed E-state index contributed by atoms with van der Waals surface area (Å²) < 4.78 is 14.3. The summed E-state index contributed by atoms with van der Waals surface area (Å²) in [7, 11) is 1.49. The number of carbonyl (C=O) groups is 3. The van der Waals surface area contributed by atoms with Gasteiger partial charge in [-0.3, -0.25) is 14.4 Å². The fraction of sp³-hybridized carbons (Fsp3) is 0.471. The number of aryl methyl sites for hydroxylation is 1. The molecule has 1 aromatic rings. The molecule has 3 amide bonds. The van der Waals surface area contributed by atoms with Gasteiger partial charge in [0.05, 0.1) is 12.1 Å². The van der Waals surface area contributed by atoms with Crippen molar-refractivity contribution in [3.05, 3.63) is 29.1 Å². The van der Waals surface area contributed by atoms with Gasteiger partial charge >= 0.3 is 0 Å². The Morgan fingerprint density at radius 3 is 2.62 bits per heavy atom. The van der Waals surface area contributed by atoms with E-state index in [2.05, 4.69) is 10.6 Å². The van der Waals surface area contributed by atoms with Gasteiger partial charge in [0, 0.05) is 45.3 Å². The molecule has 1 saturated heterocycles. The average molecular weight is 385 g/mol. The Balaban J connectivity index is 0.00000243. The number of nitrogens with zero attached hydrogens (tertiary/aromatic N) is 2. The van der Waals surface area contributed by atoms with Crippen LogP contribution in [0.25, 0.3) is 0 Å². The molecule has 142 valence electrons. The Morgan fingerprint density at radius 1 is 1.23 bits per heavy atom. The van der Waals surface area contributed by atoms with Gasteiger partial charge in [-0.1, -0.05) is 0 Å². The van der Waals surface area contributed by atoms with Crippen LogP contribution in [-0.4, -0.2) is 67.3 Å². The first-order chi connectivity index (χ1) is 12.0. The Kier molecular flexibility index (Phi) is 6.55. The molecule has 0 atom stereocenters. The van der Waals surface area contributed by atoms with Crippen molar-refractivity contribution in [3.63, 3.8) is 0 Å². The lowest BCUT2D eigenvalue weighted by atomic mass is 9.99. The van der Waals surface area contributed by atoms with Crippen LogP contribution in [-0.2, 0) is 16.0 Å². The van der Waals surface area contributed by atoms with E-state index in [1.54, 1.807) is 4.90 Å². The van der Waals surface area contributed by atoms with Crippen LogP contribution in [0.5, 0.6) is 0 Å². The predicted molar refractivity (Wildman–Crippen MR) is 97.0 cm³/mol. The zero-order chi connectivity index (χ0) is 18.0. The fourth-order valence-electron chi connectivity index (χ4n) is 3.06. The van der Waals surface area contributed by atoms with Crippen molar-refractivity contribution < 1.29 is 18.8 Å². The number of carbonyl (C=O) groups excluding carboxylic acids is 3. The Labute approximate surface area is 157 Å². The zero-order valence-corrected chi connectivity index (χ0v) is 15.3. The minimum Gasteiger partial charge on any atom is -0.339 e. The largest absolute Gasteiger partial charge is 0.339 e. The van der Waals surface area contributed by atoms with E-state index in [9.17, 15) is 18.8 Å². The molecule has 0 unspecified atom stereocenters. The fourth-order valence-corrected chi connectivity index (χ4v) is 3.06. The number of anilines is 1. The number of rotatable bonds is 3. The maximum absolute atomic E-state index is 14.3. The van der Waals surface area contributed by atoms with Gasteiger partial charge in [0.25, 0.3) is 5.91 Å². The van der Waals surface area contributed by atoms with Gasteiger partial charge in [-0.2, -0.15) is 0 Å². The molecule has 0 spiro atoms. The minimum atomic E-state index is -0.701. The van der Waals surface area contributed by atoms with E-state index in [0.29, 0.717) is 31.6 Å². The van der Waals surface area contributed by atoms with E-state index in [-0.39, 0.29) is 36.3 Å². The molecule has 7 nitrogen and oxygen atoms in total. The maximum atomic E-state index is 14.3. The molecule has 2 aliphatic heterocycles. The summed E-state index contributed by atoms with van der Waals surface area (Å²) in [4.78, 5) is 39.1. The van der Waals surface area contributed by atoms with Crippen LogP contribution in [0, 0.1) is 5.82 Å². The number of piperazine rings is 1. The highest BCUT2D eigenvalue weighted by Crippen LogP contribution is 2.26. The van der Waals surface area contributed by atoms with Crippen molar-refractivity contribution in [2.75, 3.05) is 45.1 Å². The van der Waals surface area contributed by atoms with Gasteiger partial charge in [0.2, 0.25) is 11.8 Å². The Morgan fingerprint density at radius 2 is 1.92 bits per heavy atom. The van der Waals surface area contributed by atoms with Crippen LogP contribution in [0.2, 0.25) is 0 Å². The highest BCUT2D eigenvalue weighted by atomic mass is 35.5. The average Bonchev–Trinajstić information content (AvgIpc) is 2.61. The van der Waals surface area contributed by atoms with Crippen LogP contribution in [0.15, 0.2) is 12.1 Å². The summed E-state index contributed by atoms with van der Waals surface area (Å²) >= 11 is 0. The smallest absolute Gasteiger partial charge is 0.257 e. The van der Waals surface area contributed by atoms with E-state index in [0.717, 1.165) is 18.7 Å². The second-order valence-corrected chi connectivity index (χ2v) is 6.33. The standard InChI is InChI=1S/C17H21FN4O3.ClH/c1-21(10-16(24)22-6-4-19-5-7-22)17(25)12-8-11-2-3-15(23)20-14(11)9-13(12)18;/h8-9,19H,2-7,10H2,1H3,(H,20,23);1H. The van der Waals surface area contributed by atoms with Gasteiger partial charge in [0.1, 0.15) is 5.82 Å². The molecule has 9 heteroatoms. The van der Waals surface area contributed by atoms with E-state index in [1.807, 2.05) is 0 Å². The first-order valence-corrected chi connectivity index (χ1v) is 8.32. The molecule has 0 aromatic heterocycles. The van der Waals surface area contributed by atoms with Crippen molar-refractivity contribution in [1.29, 1.82) is 0 Å². The molecule has 3 rings (SSSR count). The summed E-state index contributed by atoms with van der Waals surface area (Å²) in [5.74, 6) is -1.55. The third-order valence-electron chi connectivity index (χ3n) is 4.51. The van der Waals surface area contributed by atoms with E-state index < -0.39 is 11.7 Å². The van der Waals surface area contributed by atoms with Crippen molar-refractivity contribution in [1.82, 2.24) is 15.1 Å². The lowest BCUT2D eigenvalue weighted by molar-refractivity contribution is -0.132. The molecule has 0 saturated carbocycles. The van der Waals surface area contributed by atoms with Crippen LogP contribution < -0.4 is 10.6 Å². The summed E-state index contributed by atoms with van der Waals surface area (Å²) in [5.41, 5.74) is 1.06. The van der Waals surface area contributed by atoms with Gasteiger partial charge in [-0.25, -0.2) is 4.39 Å². The highest BCUT2D eigenvalue weighted by Gasteiger charge is 2.25. The number of benzene rings is 1. The van der Waals surface area contributed by atoms with Gasteiger partial charge in [-0.15, -0.1) is 12.4 Å². The molecule has 1 fully saturated rings. The van der Waals surface area contributed by atoms with Crippen molar-refractivity contribution >= 4 is 35.8 Å². The summed E-state index contributed by atoms with van der Waals surface area (Å²) in [6, 6.07) is 2.64. The van der Waals surface area contributed by atoms with Crippen molar-refractivity contribution in [2.45, 2.75) is 12.8 Å². The third kappa shape index (κ3) is 4.31. The number of hydrogen-bond donors (Lipinski definition) is 2. The number of fused-ring (bicyclic) bond motifs is 1. The quantitative estimate of drug-likeness (QED) is 0.801. The highest BCUT2D eigenvalue weighted by molar-refractivity contribution is 5.99. The first-order valence-electron chi connectivity index (χ1n) is 8.32. The van der Waals surface area contributed by atoms with Crippen LogP contribution in [0.4, 0.5) is 10.1 Å². The lowest BCUT2D eigenvalue weighted by Crippen LogP contribution is -2.49. The molecule has 2 N–H and O–H groups in total. The molecule has 1 aromatic carbocycles. The van der Waals surface area contributed by atoms with Crippen molar-refractivity contribution in [2.24, 2.45) is 0 Å². The molecule has 0 bridgehead atoms. The SMILES string of the molecule is CN(CC(=O)N1CCNCC1)C(=O)c1cc2c(cc1F)NC(=O)CC2.Cl.